The molecule has 0 spiro atoms. The summed E-state index contributed by atoms with van der Waals surface area (Å²) in [6.07, 6.45) is 7.52. The highest BCUT2D eigenvalue weighted by Gasteiger charge is 2.18. The molecule has 3 rings (SSSR count). The Morgan fingerprint density at radius 3 is 2.29 bits per heavy atom. The monoisotopic (exact) mass is 386 g/mol. The number of hydrogen-bond donors (Lipinski definition) is 0. The molecule has 0 radical (unpaired) electrons. The smallest absolute Gasteiger partial charge is 0.387 e. The second-order valence-electron chi connectivity index (χ2n) is 7.38. The van der Waals surface area contributed by atoms with Gasteiger partial charge in [0.15, 0.2) is 11.6 Å². The number of benzene rings is 2. The molecule has 1 saturated carbocycles. The number of alkyl halides is 2. The highest BCUT2D eigenvalue weighted by molar-refractivity contribution is 5.65. The molecule has 1 aliphatic rings. The Hall–Kier alpha value is -2.41. The quantitative estimate of drug-likeness (QED) is 0.500. The zero-order valence-corrected chi connectivity index (χ0v) is 16.1. The summed E-state index contributed by atoms with van der Waals surface area (Å²) < 4.78 is 42.5. The molecule has 1 fully saturated rings. The third kappa shape index (κ3) is 5.55. The van der Waals surface area contributed by atoms with Crippen molar-refractivity contribution in [3.8, 4) is 28.7 Å². The minimum Gasteiger partial charge on any atom is -0.432 e. The van der Waals surface area contributed by atoms with E-state index in [0.29, 0.717) is 11.5 Å². The van der Waals surface area contributed by atoms with Crippen LogP contribution in [0.5, 0.6) is 5.75 Å². The lowest BCUT2D eigenvalue weighted by Crippen LogP contribution is -2.13. The first-order valence-corrected chi connectivity index (χ1v) is 9.91. The number of halogens is 3. The van der Waals surface area contributed by atoms with E-state index in [2.05, 4.69) is 23.5 Å². The van der Waals surface area contributed by atoms with Gasteiger partial charge in [-0.05, 0) is 67.0 Å². The van der Waals surface area contributed by atoms with Crippen LogP contribution in [0, 0.1) is 29.5 Å². The Morgan fingerprint density at radius 2 is 1.68 bits per heavy atom. The van der Waals surface area contributed by atoms with E-state index in [1.165, 1.54) is 50.7 Å². The fourth-order valence-electron chi connectivity index (χ4n) is 3.81. The average molecular weight is 386 g/mol. The minimum atomic E-state index is -3.04. The van der Waals surface area contributed by atoms with Gasteiger partial charge in [0.05, 0.1) is 0 Å². The highest BCUT2D eigenvalue weighted by Crippen LogP contribution is 2.31. The lowest BCUT2D eigenvalue weighted by atomic mass is 9.80. The molecule has 148 valence electrons. The maximum atomic E-state index is 13.9. The van der Waals surface area contributed by atoms with Crippen LogP contribution in [0.15, 0.2) is 42.5 Å². The van der Waals surface area contributed by atoms with Gasteiger partial charge in [0.25, 0.3) is 0 Å². The molecular formula is C24H25F3O. The fourth-order valence-corrected chi connectivity index (χ4v) is 3.81. The van der Waals surface area contributed by atoms with Gasteiger partial charge in [-0.15, -0.1) is 0 Å². The van der Waals surface area contributed by atoms with Gasteiger partial charge in [0, 0.05) is 11.5 Å². The molecule has 0 heterocycles. The third-order valence-corrected chi connectivity index (χ3v) is 5.33. The first kappa shape index (κ1) is 20.3. The van der Waals surface area contributed by atoms with E-state index in [9.17, 15) is 13.2 Å². The molecule has 1 aliphatic carbocycles. The second kappa shape index (κ2) is 9.68. The van der Waals surface area contributed by atoms with Crippen LogP contribution in [-0.4, -0.2) is 6.61 Å². The second-order valence-corrected chi connectivity index (χ2v) is 7.38. The van der Waals surface area contributed by atoms with Crippen molar-refractivity contribution in [3.63, 3.8) is 0 Å². The summed E-state index contributed by atoms with van der Waals surface area (Å²) in [6.45, 7) is -0.796. The van der Waals surface area contributed by atoms with E-state index >= 15 is 0 Å². The molecule has 0 aromatic heterocycles. The van der Waals surface area contributed by atoms with Crippen LogP contribution in [-0.2, 0) is 0 Å². The Morgan fingerprint density at radius 1 is 1.00 bits per heavy atom. The highest BCUT2D eigenvalue weighted by atomic mass is 19.3. The van der Waals surface area contributed by atoms with E-state index in [4.69, 9.17) is 0 Å². The number of rotatable bonds is 5. The predicted molar refractivity (Wildman–Crippen MR) is 106 cm³/mol. The van der Waals surface area contributed by atoms with Crippen molar-refractivity contribution in [2.24, 2.45) is 11.8 Å². The normalized spacial score (nSPS) is 19.2. The van der Waals surface area contributed by atoms with E-state index in [0.717, 1.165) is 17.0 Å². The van der Waals surface area contributed by atoms with Gasteiger partial charge in [-0.25, -0.2) is 4.39 Å². The zero-order chi connectivity index (χ0) is 19.9. The predicted octanol–water partition coefficient (Wildman–Crippen LogP) is 7.05. The molecule has 0 unspecified atom stereocenters. The first-order valence-electron chi connectivity index (χ1n) is 9.91. The third-order valence-electron chi connectivity index (χ3n) is 5.33. The maximum absolute atomic E-state index is 13.9. The van der Waals surface area contributed by atoms with Gasteiger partial charge in [-0.3, -0.25) is 0 Å². The Bertz CT molecular complexity index is 825. The minimum absolute atomic E-state index is 0.449. The van der Waals surface area contributed by atoms with Crippen LogP contribution in [0.3, 0.4) is 0 Å². The van der Waals surface area contributed by atoms with Gasteiger partial charge in [0.2, 0.25) is 0 Å². The summed E-state index contributed by atoms with van der Waals surface area (Å²) in [6, 6.07) is 11.5. The average Bonchev–Trinajstić information content (AvgIpc) is 2.69. The summed E-state index contributed by atoms with van der Waals surface area (Å²) >= 11 is 0. The van der Waals surface area contributed by atoms with Crippen LogP contribution < -0.4 is 4.74 Å². The standard InChI is InChI=1S/C24H25F3O/c1-2-3-17-4-6-18(7-5-17)8-9-19-10-12-20(13-11-19)21-14-15-23(22(25)16-21)28-24(26)27/h10-18,24H,2-7H2,1H3/t17-,18-. The van der Waals surface area contributed by atoms with Crippen molar-refractivity contribution >= 4 is 0 Å². The number of ether oxygens (including phenoxy) is 1. The summed E-state index contributed by atoms with van der Waals surface area (Å²) in [5.41, 5.74) is 2.33. The van der Waals surface area contributed by atoms with Crippen LogP contribution in [0.25, 0.3) is 11.1 Å². The molecule has 2 aromatic rings. The fraction of sp³-hybridized carbons (Fsp3) is 0.417. The molecular weight excluding hydrogens is 361 g/mol. The van der Waals surface area contributed by atoms with Crippen LogP contribution in [0.1, 0.15) is 51.0 Å². The van der Waals surface area contributed by atoms with E-state index in [-0.39, 0.29) is 0 Å². The Labute approximate surface area is 164 Å². The van der Waals surface area contributed by atoms with Gasteiger partial charge in [-0.1, -0.05) is 49.8 Å². The molecule has 0 bridgehead atoms. The molecule has 2 aromatic carbocycles. The van der Waals surface area contributed by atoms with Crippen molar-refractivity contribution in [2.75, 3.05) is 0 Å². The largest absolute Gasteiger partial charge is 0.432 e. The molecule has 0 amide bonds. The summed E-state index contributed by atoms with van der Waals surface area (Å²) in [7, 11) is 0. The molecule has 1 nitrogen and oxygen atoms in total. The van der Waals surface area contributed by atoms with Crippen molar-refractivity contribution < 1.29 is 17.9 Å². The zero-order valence-electron chi connectivity index (χ0n) is 16.1. The number of hydrogen-bond acceptors (Lipinski definition) is 1. The molecule has 0 saturated heterocycles. The SMILES string of the molecule is CCC[C@H]1CC[C@H](C#Cc2ccc(-c3ccc(OC(F)F)c(F)c3)cc2)CC1. The summed E-state index contributed by atoms with van der Waals surface area (Å²) in [5.74, 6) is 6.75. The van der Waals surface area contributed by atoms with Crippen LogP contribution >= 0.6 is 0 Å². The lowest BCUT2D eigenvalue weighted by molar-refractivity contribution is -0.0521. The van der Waals surface area contributed by atoms with E-state index < -0.39 is 18.2 Å². The van der Waals surface area contributed by atoms with E-state index in [1.54, 1.807) is 6.07 Å². The van der Waals surface area contributed by atoms with Crippen molar-refractivity contribution in [2.45, 2.75) is 52.1 Å². The van der Waals surface area contributed by atoms with Crippen molar-refractivity contribution in [1.29, 1.82) is 0 Å². The van der Waals surface area contributed by atoms with Gasteiger partial charge in [-0.2, -0.15) is 8.78 Å². The molecule has 0 atom stereocenters. The summed E-state index contributed by atoms with van der Waals surface area (Å²) in [4.78, 5) is 0. The van der Waals surface area contributed by atoms with Gasteiger partial charge < -0.3 is 4.74 Å². The van der Waals surface area contributed by atoms with Crippen molar-refractivity contribution in [3.05, 3.63) is 53.8 Å². The topological polar surface area (TPSA) is 9.23 Å². The van der Waals surface area contributed by atoms with Crippen LogP contribution in [0.4, 0.5) is 13.2 Å². The molecule has 0 aliphatic heterocycles. The maximum Gasteiger partial charge on any atom is 0.387 e. The first-order chi connectivity index (χ1) is 13.5. The molecule has 0 N–H and O–H groups in total. The van der Waals surface area contributed by atoms with Gasteiger partial charge >= 0.3 is 6.61 Å². The lowest BCUT2D eigenvalue weighted by Gasteiger charge is -2.25. The van der Waals surface area contributed by atoms with Crippen LogP contribution in [0.2, 0.25) is 0 Å². The molecule has 28 heavy (non-hydrogen) atoms. The van der Waals surface area contributed by atoms with E-state index in [1.807, 2.05) is 24.3 Å². The summed E-state index contributed by atoms with van der Waals surface area (Å²) in [5, 5.41) is 0. The van der Waals surface area contributed by atoms with Crippen molar-refractivity contribution in [1.82, 2.24) is 0 Å². The Balaban J connectivity index is 1.62. The Kier molecular flexibility index (Phi) is 7.03. The molecule has 4 heteroatoms. The van der Waals surface area contributed by atoms with Gasteiger partial charge in [0.1, 0.15) is 0 Å².